The van der Waals surface area contributed by atoms with Gasteiger partial charge in [0.1, 0.15) is 6.33 Å². The topological polar surface area (TPSA) is 145 Å². The van der Waals surface area contributed by atoms with Gasteiger partial charge in [-0.2, -0.15) is 9.41 Å². The minimum Gasteiger partial charge on any atom is -0.618 e. The summed E-state index contributed by atoms with van der Waals surface area (Å²) in [6.07, 6.45) is 0.829. The van der Waals surface area contributed by atoms with E-state index in [9.17, 15) is 25.0 Å². The van der Waals surface area contributed by atoms with Crippen molar-refractivity contribution in [3.63, 3.8) is 0 Å². The van der Waals surface area contributed by atoms with Crippen molar-refractivity contribution in [1.29, 1.82) is 0 Å². The normalized spacial score (nSPS) is 18.7. The van der Waals surface area contributed by atoms with Crippen LogP contribution in [-0.4, -0.2) is 42.0 Å². The van der Waals surface area contributed by atoms with Crippen molar-refractivity contribution >= 4 is 23.2 Å². The number of Topliss-reactive ketones (excluding diaryl/α,β-unsaturated/α-hetero) is 2. The number of benzene rings is 2. The number of carbonyl (C=O) groups excluding carboxylic acids is 2. The Morgan fingerprint density at radius 2 is 1.97 bits per heavy atom. The second-order valence-electron chi connectivity index (χ2n) is 8.71. The zero-order chi connectivity index (χ0) is 25.6. The highest BCUT2D eigenvalue weighted by Gasteiger charge is 2.54. The maximum Gasteiger partial charge on any atom is 0.238 e. The van der Waals surface area contributed by atoms with Gasteiger partial charge in [-0.15, -0.1) is 5.10 Å². The van der Waals surface area contributed by atoms with Crippen LogP contribution in [0.1, 0.15) is 46.6 Å². The molecule has 0 saturated heterocycles. The first-order valence-corrected chi connectivity index (χ1v) is 11.4. The van der Waals surface area contributed by atoms with E-state index in [2.05, 4.69) is 15.5 Å². The van der Waals surface area contributed by atoms with Gasteiger partial charge in [0.25, 0.3) is 0 Å². The van der Waals surface area contributed by atoms with Crippen molar-refractivity contribution in [1.82, 2.24) is 20.2 Å². The number of carbonyl (C=O) groups is 2. The molecule has 0 bridgehead atoms. The summed E-state index contributed by atoms with van der Waals surface area (Å²) in [5.41, 5.74) is 0.273. The Hall–Kier alpha value is -3.99. The Morgan fingerprint density at radius 1 is 1.22 bits per heavy atom. The lowest BCUT2D eigenvalue weighted by Gasteiger charge is -2.21. The van der Waals surface area contributed by atoms with Gasteiger partial charge < -0.3 is 15.4 Å². The summed E-state index contributed by atoms with van der Waals surface area (Å²) in [4.78, 5) is 24.7. The number of ketones is 2. The molecule has 2 heterocycles. The third-order valence-electron chi connectivity index (χ3n) is 6.35. The number of aliphatic hydroxyl groups is 2. The van der Waals surface area contributed by atoms with E-state index in [-0.39, 0.29) is 29.9 Å². The number of halogens is 1. The van der Waals surface area contributed by atoms with E-state index in [1.807, 2.05) is 0 Å². The van der Waals surface area contributed by atoms with Gasteiger partial charge in [0, 0.05) is 34.6 Å². The third-order valence-corrected chi connectivity index (χ3v) is 6.59. The number of pyridine rings is 1. The first kappa shape index (κ1) is 23.7. The van der Waals surface area contributed by atoms with E-state index in [0.29, 0.717) is 37.7 Å². The van der Waals surface area contributed by atoms with Crippen LogP contribution in [0.5, 0.6) is 0 Å². The monoisotopic (exact) mass is 505 g/mol. The number of hydrogen-bond acceptors (Lipinski definition) is 8. The van der Waals surface area contributed by atoms with Crippen LogP contribution in [0.3, 0.4) is 0 Å². The molecule has 11 heteroatoms. The van der Waals surface area contributed by atoms with Crippen LogP contribution >= 0.6 is 11.6 Å². The first-order valence-electron chi connectivity index (χ1n) is 11.0. The van der Waals surface area contributed by atoms with E-state index in [1.54, 1.807) is 48.5 Å². The van der Waals surface area contributed by atoms with Crippen molar-refractivity contribution in [3.05, 3.63) is 93.7 Å². The number of nitrogens with zero attached hydrogens (tertiary/aromatic N) is 5. The summed E-state index contributed by atoms with van der Waals surface area (Å²) in [6.45, 7) is 1.44. The van der Waals surface area contributed by atoms with Gasteiger partial charge in [-0.25, -0.2) is 0 Å². The molecule has 0 saturated carbocycles. The van der Waals surface area contributed by atoms with E-state index < -0.39 is 17.5 Å². The SMILES string of the molecule is CC(=O)c1ccc(CC(=O)C2(O)CC(O)c3cc(-c4cc(Cl)ccc4-n4cnnn4)c[n+]([O-])c32)cc1. The van der Waals surface area contributed by atoms with Crippen LogP contribution in [0.4, 0.5) is 0 Å². The molecule has 0 radical (unpaired) electrons. The van der Waals surface area contributed by atoms with E-state index in [4.69, 9.17) is 11.6 Å². The van der Waals surface area contributed by atoms with Crippen molar-refractivity contribution in [2.24, 2.45) is 0 Å². The predicted molar refractivity (Wildman–Crippen MR) is 127 cm³/mol. The largest absolute Gasteiger partial charge is 0.618 e. The molecule has 10 nitrogen and oxygen atoms in total. The zero-order valence-corrected chi connectivity index (χ0v) is 19.8. The number of tetrazole rings is 1. The Morgan fingerprint density at radius 3 is 2.64 bits per heavy atom. The third kappa shape index (κ3) is 4.05. The molecule has 0 amide bonds. The smallest absolute Gasteiger partial charge is 0.238 e. The summed E-state index contributed by atoms with van der Waals surface area (Å²) < 4.78 is 1.82. The maximum atomic E-state index is 13.2. The number of hydrogen-bond donors (Lipinski definition) is 2. The molecule has 2 aromatic carbocycles. The standard InChI is InChI=1S/C25H20ClN5O5/c1-14(32)16-4-2-15(3-5-16)8-23(34)25(35)11-22(33)20-9-17(12-31(36)24(20)25)19-10-18(26)6-7-21(19)30-13-27-28-29-30/h2-7,9-10,12-13,22,33,35H,8,11H2,1H3. The molecule has 1 aliphatic carbocycles. The van der Waals surface area contributed by atoms with Gasteiger partial charge in [-0.05, 0) is 47.2 Å². The summed E-state index contributed by atoms with van der Waals surface area (Å²) >= 11 is 6.21. The van der Waals surface area contributed by atoms with Crippen molar-refractivity contribution in [2.45, 2.75) is 31.5 Å². The number of rotatable bonds is 6. The van der Waals surface area contributed by atoms with Crippen LogP contribution in [0.15, 0.2) is 61.1 Å². The van der Waals surface area contributed by atoms with Crippen LogP contribution < -0.4 is 4.73 Å². The van der Waals surface area contributed by atoms with Gasteiger partial charge in [0.15, 0.2) is 17.8 Å². The van der Waals surface area contributed by atoms with Crippen molar-refractivity contribution < 1.29 is 24.5 Å². The van der Waals surface area contributed by atoms with E-state index in [1.165, 1.54) is 24.1 Å². The minimum atomic E-state index is -2.18. The zero-order valence-electron chi connectivity index (χ0n) is 19.0. The molecule has 36 heavy (non-hydrogen) atoms. The Labute approximate surface area is 210 Å². The summed E-state index contributed by atoms with van der Waals surface area (Å²) in [5, 5.41) is 46.9. The second kappa shape index (κ2) is 8.90. The molecule has 0 spiro atoms. The summed E-state index contributed by atoms with van der Waals surface area (Å²) in [6, 6.07) is 13.0. The Bertz CT molecular complexity index is 1490. The number of fused-ring (bicyclic) bond motifs is 1. The van der Waals surface area contributed by atoms with Crippen LogP contribution in [0.2, 0.25) is 5.02 Å². The van der Waals surface area contributed by atoms with Gasteiger partial charge in [-0.1, -0.05) is 35.9 Å². The minimum absolute atomic E-state index is 0.106. The average Bonchev–Trinajstić information content (AvgIpc) is 3.46. The van der Waals surface area contributed by atoms with Crippen molar-refractivity contribution in [2.75, 3.05) is 0 Å². The molecular weight excluding hydrogens is 486 g/mol. The molecule has 2 unspecified atom stereocenters. The average molecular weight is 506 g/mol. The van der Waals surface area contributed by atoms with Gasteiger partial charge in [-0.3, -0.25) is 9.59 Å². The van der Waals surface area contributed by atoms with Gasteiger partial charge >= 0.3 is 0 Å². The molecule has 2 aromatic heterocycles. The fourth-order valence-electron chi connectivity index (χ4n) is 4.55. The second-order valence-corrected chi connectivity index (χ2v) is 9.14. The molecule has 2 atom stereocenters. The van der Waals surface area contributed by atoms with Gasteiger partial charge in [0.05, 0.1) is 17.4 Å². The first-order chi connectivity index (χ1) is 17.2. The molecule has 4 aromatic rings. The van der Waals surface area contributed by atoms with E-state index in [0.717, 1.165) is 0 Å². The quantitative estimate of drug-likeness (QED) is 0.230. The van der Waals surface area contributed by atoms with Crippen LogP contribution in [0, 0.1) is 5.21 Å². The highest BCUT2D eigenvalue weighted by molar-refractivity contribution is 6.31. The summed E-state index contributed by atoms with van der Waals surface area (Å²) in [5.74, 6) is -0.740. The lowest BCUT2D eigenvalue weighted by Crippen LogP contribution is -2.46. The number of aromatic nitrogens is 5. The molecule has 5 rings (SSSR count). The van der Waals surface area contributed by atoms with Crippen LogP contribution in [-0.2, 0) is 16.8 Å². The lowest BCUT2D eigenvalue weighted by atomic mass is 9.90. The van der Waals surface area contributed by atoms with Crippen molar-refractivity contribution in [3.8, 4) is 16.8 Å². The molecule has 182 valence electrons. The Kier molecular flexibility index (Phi) is 5.87. The molecule has 1 aliphatic rings. The molecule has 0 aliphatic heterocycles. The Balaban J connectivity index is 1.53. The molecular formula is C25H20ClN5O5. The molecule has 2 N–H and O–H groups in total. The maximum absolute atomic E-state index is 13.2. The molecule has 0 fully saturated rings. The lowest BCUT2D eigenvalue weighted by molar-refractivity contribution is -0.620. The highest BCUT2D eigenvalue weighted by atomic mass is 35.5. The van der Waals surface area contributed by atoms with Crippen LogP contribution in [0.25, 0.3) is 16.8 Å². The highest BCUT2D eigenvalue weighted by Crippen LogP contribution is 2.44. The fraction of sp³-hybridized carbons (Fsp3) is 0.200. The van der Waals surface area contributed by atoms with Gasteiger partial charge in [0.2, 0.25) is 11.3 Å². The predicted octanol–water partition coefficient (Wildman–Crippen LogP) is 2.26. The fourth-order valence-corrected chi connectivity index (χ4v) is 4.72. The van der Waals surface area contributed by atoms with E-state index >= 15 is 0 Å². The summed E-state index contributed by atoms with van der Waals surface area (Å²) in [7, 11) is 0. The number of aliphatic hydroxyl groups excluding tert-OH is 1.